The number of aliphatic hydroxyl groups is 4. The maximum Gasteiger partial charge on any atom is 2.00 e. The van der Waals surface area contributed by atoms with Gasteiger partial charge in [-0.25, -0.2) is 0 Å². The van der Waals surface area contributed by atoms with Crippen molar-refractivity contribution in [2.24, 2.45) is 9.98 Å². The predicted molar refractivity (Wildman–Crippen MR) is 137 cm³/mol. The Labute approximate surface area is 229 Å². The van der Waals surface area contributed by atoms with Crippen LogP contribution in [0.1, 0.15) is 80.1 Å². The zero-order valence-electron chi connectivity index (χ0n) is 22.1. The van der Waals surface area contributed by atoms with E-state index in [1.807, 2.05) is 13.8 Å². The van der Waals surface area contributed by atoms with E-state index in [4.69, 9.17) is 20.4 Å². The molecule has 210 valence electrons. The summed E-state index contributed by atoms with van der Waals surface area (Å²) in [5.41, 5.74) is 1.93. The molecule has 2 radical (unpaired) electrons. The molecule has 0 amide bonds. The van der Waals surface area contributed by atoms with E-state index in [-0.39, 0.29) is 71.6 Å². The summed E-state index contributed by atoms with van der Waals surface area (Å²) in [7, 11) is 0. The van der Waals surface area contributed by atoms with E-state index in [0.717, 1.165) is 49.9 Å². The van der Waals surface area contributed by atoms with Crippen LogP contribution in [0.2, 0.25) is 0 Å². The van der Waals surface area contributed by atoms with E-state index in [9.17, 15) is 0 Å². The van der Waals surface area contributed by atoms with Gasteiger partial charge >= 0.3 is 34.1 Å². The number of hydrogen-bond donors (Lipinski definition) is 4. The van der Waals surface area contributed by atoms with Gasteiger partial charge in [0.1, 0.15) is 0 Å². The summed E-state index contributed by atoms with van der Waals surface area (Å²) in [5, 5.41) is 43.7. The molecule has 0 spiro atoms. The zero-order valence-corrected chi connectivity index (χ0v) is 24.0. The molecule has 0 aromatic carbocycles. The summed E-state index contributed by atoms with van der Waals surface area (Å²) in [5.74, 6) is 0. The molecule has 0 heterocycles. The van der Waals surface area contributed by atoms with Crippen molar-refractivity contribution in [3.05, 3.63) is 10.6 Å². The summed E-state index contributed by atoms with van der Waals surface area (Å²) >= 11 is 0. The minimum absolute atomic E-state index is 0. The zero-order chi connectivity index (χ0) is 24.9. The number of rotatable bonds is 18. The SMILES string of the molecule is CC(CC(C)(C)[N-]CCCO)=NCCCO.CC(CC(C)(C)[N-]CCCO)=NCCCO.[Cu+2].[Cu+2]. The molecular weight excluding hydrogens is 535 g/mol. The van der Waals surface area contributed by atoms with Gasteiger partial charge < -0.3 is 31.1 Å². The van der Waals surface area contributed by atoms with Gasteiger partial charge in [0.25, 0.3) is 0 Å². The Kier molecular flexibility index (Phi) is 31.8. The molecule has 0 rings (SSSR count). The molecule has 0 bridgehead atoms. The number of nitrogens with zero attached hydrogens (tertiary/aromatic N) is 4. The van der Waals surface area contributed by atoms with Gasteiger partial charge in [0.15, 0.2) is 0 Å². The van der Waals surface area contributed by atoms with Crippen LogP contribution in [0.15, 0.2) is 9.98 Å². The minimum atomic E-state index is -0.109. The average molecular weight is 586 g/mol. The first-order valence-corrected chi connectivity index (χ1v) is 11.8. The van der Waals surface area contributed by atoms with Crippen molar-refractivity contribution in [2.45, 2.75) is 91.1 Å². The van der Waals surface area contributed by atoms with Crippen LogP contribution < -0.4 is 0 Å². The number of aliphatic imine (C=N–C) groups is 2. The molecule has 8 nitrogen and oxygen atoms in total. The minimum Gasteiger partial charge on any atom is -0.657 e. The van der Waals surface area contributed by atoms with E-state index in [1.165, 1.54) is 0 Å². The average Bonchev–Trinajstić information content (AvgIpc) is 2.68. The van der Waals surface area contributed by atoms with Gasteiger partial charge in [-0.3, -0.25) is 9.98 Å². The van der Waals surface area contributed by atoms with Crippen molar-refractivity contribution in [3.63, 3.8) is 0 Å². The smallest absolute Gasteiger partial charge is 0.657 e. The first-order chi connectivity index (χ1) is 15.0. The van der Waals surface area contributed by atoms with Crippen molar-refractivity contribution < 1.29 is 54.6 Å². The largest absolute Gasteiger partial charge is 2.00 e. The fourth-order valence-electron chi connectivity index (χ4n) is 3.06. The monoisotopic (exact) mass is 584 g/mol. The van der Waals surface area contributed by atoms with Crippen LogP contribution in [0.5, 0.6) is 0 Å². The molecule has 0 aromatic heterocycles. The quantitative estimate of drug-likeness (QED) is 0.111. The van der Waals surface area contributed by atoms with Crippen LogP contribution in [0, 0.1) is 0 Å². The van der Waals surface area contributed by atoms with Crippen LogP contribution in [0.3, 0.4) is 0 Å². The van der Waals surface area contributed by atoms with Gasteiger partial charge in [-0.05, 0) is 52.4 Å². The summed E-state index contributed by atoms with van der Waals surface area (Å²) in [6, 6.07) is 0. The third-order valence-corrected chi connectivity index (χ3v) is 4.48. The third-order valence-electron chi connectivity index (χ3n) is 4.48. The standard InChI is InChI=1S/2C12H25N2O2.2Cu/c2*1-11(13-6-4-8-15)10-12(2,3)14-7-5-9-16;;/h2*15-16H,4-10H2,1-3H3;;/q2*-1;2*+2. The maximum absolute atomic E-state index is 8.68. The topological polar surface area (TPSA) is 134 Å². The molecule has 0 aliphatic rings. The van der Waals surface area contributed by atoms with Crippen LogP contribution in [-0.4, -0.2) is 95.5 Å². The number of hydrogen-bond acceptors (Lipinski definition) is 6. The molecule has 0 aliphatic carbocycles. The Morgan fingerprint density at radius 2 is 0.882 bits per heavy atom. The molecular formula is C24H50Cu2N4O4+2. The molecule has 0 saturated carbocycles. The second-order valence-corrected chi connectivity index (χ2v) is 9.28. The van der Waals surface area contributed by atoms with Crippen LogP contribution in [0.4, 0.5) is 0 Å². The van der Waals surface area contributed by atoms with Crippen molar-refractivity contribution in [2.75, 3.05) is 52.6 Å². The Morgan fingerprint density at radius 3 is 1.15 bits per heavy atom. The Hall–Kier alpha value is 0.139. The Bertz CT molecular complexity index is 461. The van der Waals surface area contributed by atoms with Gasteiger partial charge in [-0.1, -0.05) is 27.7 Å². The van der Waals surface area contributed by atoms with Gasteiger partial charge in [0.2, 0.25) is 0 Å². The molecule has 0 aliphatic heterocycles. The summed E-state index contributed by atoms with van der Waals surface area (Å²) in [4.78, 5) is 8.75. The predicted octanol–water partition coefficient (Wildman–Crippen LogP) is 3.50. The summed E-state index contributed by atoms with van der Waals surface area (Å²) < 4.78 is 0. The molecule has 10 heteroatoms. The van der Waals surface area contributed by atoms with E-state index in [2.05, 4.69) is 48.3 Å². The molecule has 0 atom stereocenters. The summed E-state index contributed by atoms with van der Waals surface area (Å²) in [6.07, 6.45) is 4.57. The molecule has 34 heavy (non-hydrogen) atoms. The summed E-state index contributed by atoms with van der Waals surface area (Å²) in [6.45, 7) is 15.9. The van der Waals surface area contributed by atoms with Gasteiger partial charge in [0, 0.05) is 50.9 Å². The Morgan fingerprint density at radius 1 is 0.588 bits per heavy atom. The van der Waals surface area contributed by atoms with E-state index in [0.29, 0.717) is 26.2 Å². The molecule has 4 N–H and O–H groups in total. The number of aliphatic hydroxyl groups excluding tert-OH is 4. The van der Waals surface area contributed by atoms with Crippen LogP contribution in [-0.2, 0) is 34.1 Å². The molecule has 0 unspecified atom stereocenters. The van der Waals surface area contributed by atoms with E-state index in [1.54, 1.807) is 0 Å². The molecule has 0 aromatic rings. The Balaban J connectivity index is -0.000000250. The van der Waals surface area contributed by atoms with Crippen molar-refractivity contribution in [3.8, 4) is 0 Å². The fraction of sp³-hybridized carbons (Fsp3) is 0.917. The van der Waals surface area contributed by atoms with Gasteiger partial charge in [-0.2, -0.15) is 0 Å². The molecule has 0 fully saturated rings. The van der Waals surface area contributed by atoms with Crippen LogP contribution >= 0.6 is 0 Å². The second-order valence-electron chi connectivity index (χ2n) is 9.28. The van der Waals surface area contributed by atoms with E-state index < -0.39 is 0 Å². The third kappa shape index (κ3) is 30.2. The maximum atomic E-state index is 8.68. The van der Waals surface area contributed by atoms with Gasteiger partial charge in [-0.15, -0.1) is 24.2 Å². The van der Waals surface area contributed by atoms with Crippen LogP contribution in [0.25, 0.3) is 10.6 Å². The van der Waals surface area contributed by atoms with E-state index >= 15 is 0 Å². The molecule has 0 saturated heterocycles. The fourth-order valence-corrected chi connectivity index (χ4v) is 3.06. The van der Waals surface area contributed by atoms with Crippen molar-refractivity contribution in [1.82, 2.24) is 0 Å². The second kappa shape index (κ2) is 26.2. The van der Waals surface area contributed by atoms with Gasteiger partial charge in [0.05, 0.1) is 0 Å². The van der Waals surface area contributed by atoms with Crippen molar-refractivity contribution >= 4 is 11.4 Å². The normalized spacial score (nSPS) is 12.4. The first kappa shape index (κ1) is 41.3. The first-order valence-electron chi connectivity index (χ1n) is 11.8. The van der Waals surface area contributed by atoms with Crippen molar-refractivity contribution in [1.29, 1.82) is 0 Å².